The van der Waals surface area contributed by atoms with Crippen LogP contribution in [0.3, 0.4) is 0 Å². The first-order chi connectivity index (χ1) is 11.8. The van der Waals surface area contributed by atoms with Crippen LogP contribution < -0.4 is 5.43 Å². The molecule has 0 radical (unpaired) electrons. The SMILES string of the molecule is O=C(Cn1nnc(-c2ccccc2)n1)NN=C1CCCCCCC1. The molecule has 0 aliphatic heterocycles. The Morgan fingerprint density at radius 2 is 1.79 bits per heavy atom. The highest BCUT2D eigenvalue weighted by Crippen LogP contribution is 2.14. The van der Waals surface area contributed by atoms with Crippen LogP contribution in [-0.2, 0) is 11.3 Å². The van der Waals surface area contributed by atoms with Gasteiger partial charge in [-0.1, -0.05) is 49.6 Å². The molecule has 0 spiro atoms. The first-order valence-electron chi connectivity index (χ1n) is 8.49. The lowest BCUT2D eigenvalue weighted by Crippen LogP contribution is -2.25. The summed E-state index contributed by atoms with van der Waals surface area (Å²) < 4.78 is 0. The molecule has 1 N–H and O–H groups in total. The highest BCUT2D eigenvalue weighted by Gasteiger charge is 2.10. The fraction of sp³-hybridized carbons (Fsp3) is 0.471. The number of tetrazole rings is 1. The summed E-state index contributed by atoms with van der Waals surface area (Å²) >= 11 is 0. The van der Waals surface area contributed by atoms with Gasteiger partial charge in [-0.2, -0.15) is 9.90 Å². The number of carbonyl (C=O) groups is 1. The average Bonchev–Trinajstić information content (AvgIpc) is 3.03. The van der Waals surface area contributed by atoms with E-state index >= 15 is 0 Å². The number of hydrazone groups is 1. The lowest BCUT2D eigenvalue weighted by atomic mass is 9.99. The van der Waals surface area contributed by atoms with Crippen LogP contribution in [0.4, 0.5) is 0 Å². The van der Waals surface area contributed by atoms with Gasteiger partial charge >= 0.3 is 0 Å². The number of aromatic nitrogens is 4. The molecule has 0 bridgehead atoms. The Morgan fingerprint density at radius 3 is 2.54 bits per heavy atom. The Labute approximate surface area is 141 Å². The zero-order valence-electron chi connectivity index (χ0n) is 13.7. The van der Waals surface area contributed by atoms with Crippen molar-refractivity contribution in [1.29, 1.82) is 0 Å². The van der Waals surface area contributed by atoms with Gasteiger partial charge in [-0.05, 0) is 30.9 Å². The van der Waals surface area contributed by atoms with Crippen molar-refractivity contribution in [1.82, 2.24) is 25.6 Å². The van der Waals surface area contributed by atoms with Crippen molar-refractivity contribution in [3.63, 3.8) is 0 Å². The number of benzene rings is 1. The summed E-state index contributed by atoms with van der Waals surface area (Å²) in [7, 11) is 0. The second kappa shape index (κ2) is 8.33. The Hall–Kier alpha value is -2.57. The van der Waals surface area contributed by atoms with Crippen LogP contribution in [0.1, 0.15) is 44.9 Å². The molecule has 1 aliphatic rings. The van der Waals surface area contributed by atoms with Crippen LogP contribution in [0.5, 0.6) is 0 Å². The summed E-state index contributed by atoms with van der Waals surface area (Å²) in [4.78, 5) is 13.3. The van der Waals surface area contributed by atoms with E-state index in [0.29, 0.717) is 5.82 Å². The van der Waals surface area contributed by atoms with E-state index in [0.717, 1.165) is 37.0 Å². The number of hydrogen-bond donors (Lipinski definition) is 1. The van der Waals surface area contributed by atoms with Crippen LogP contribution in [0, 0.1) is 0 Å². The van der Waals surface area contributed by atoms with Crippen LogP contribution in [0.15, 0.2) is 35.4 Å². The van der Waals surface area contributed by atoms with Crippen molar-refractivity contribution in [2.24, 2.45) is 5.10 Å². The zero-order chi connectivity index (χ0) is 16.6. The summed E-state index contributed by atoms with van der Waals surface area (Å²) in [6, 6.07) is 9.56. The monoisotopic (exact) mass is 326 g/mol. The number of hydrogen-bond acceptors (Lipinski definition) is 5. The van der Waals surface area contributed by atoms with Crippen LogP contribution in [0.25, 0.3) is 11.4 Å². The standard InChI is InChI=1S/C17H22N6O/c24-16(19-18-15-11-7-2-1-3-8-12-15)13-23-21-17(20-22-23)14-9-5-4-6-10-14/h4-6,9-10H,1-3,7-8,11-13H2,(H,19,24). The highest BCUT2D eigenvalue weighted by atomic mass is 16.2. The second-order valence-electron chi connectivity index (χ2n) is 5.99. The van der Waals surface area contributed by atoms with Gasteiger partial charge in [0.15, 0.2) is 0 Å². The Kier molecular flexibility index (Phi) is 5.65. The first kappa shape index (κ1) is 16.3. The predicted molar refractivity (Wildman–Crippen MR) is 91.1 cm³/mol. The molecule has 2 aromatic rings. The predicted octanol–water partition coefficient (Wildman–Crippen LogP) is 2.56. The third kappa shape index (κ3) is 4.71. The highest BCUT2D eigenvalue weighted by molar-refractivity contribution is 5.86. The minimum Gasteiger partial charge on any atom is -0.271 e. The molecule has 126 valence electrons. The third-order valence-corrected chi connectivity index (χ3v) is 4.04. The van der Waals surface area contributed by atoms with E-state index in [1.54, 1.807) is 0 Å². The maximum absolute atomic E-state index is 12.0. The van der Waals surface area contributed by atoms with E-state index in [-0.39, 0.29) is 12.5 Å². The van der Waals surface area contributed by atoms with Gasteiger partial charge in [-0.3, -0.25) is 4.79 Å². The number of rotatable bonds is 4. The quantitative estimate of drug-likeness (QED) is 0.875. The second-order valence-corrected chi connectivity index (χ2v) is 5.99. The lowest BCUT2D eigenvalue weighted by Gasteiger charge is -2.10. The molecule has 24 heavy (non-hydrogen) atoms. The fourth-order valence-electron chi connectivity index (χ4n) is 2.74. The van der Waals surface area contributed by atoms with Gasteiger partial charge < -0.3 is 0 Å². The molecule has 7 nitrogen and oxygen atoms in total. The maximum atomic E-state index is 12.0. The molecular weight excluding hydrogens is 304 g/mol. The minimum absolute atomic E-state index is 0.0105. The molecule has 7 heteroatoms. The summed E-state index contributed by atoms with van der Waals surface area (Å²) in [6.07, 6.45) is 8.05. The van der Waals surface area contributed by atoms with Crippen molar-refractivity contribution in [2.75, 3.05) is 0 Å². The van der Waals surface area contributed by atoms with Crippen LogP contribution in [-0.4, -0.2) is 31.8 Å². The lowest BCUT2D eigenvalue weighted by molar-refractivity contribution is -0.122. The molecule has 1 fully saturated rings. The molecule has 0 atom stereocenters. The van der Waals surface area contributed by atoms with Crippen LogP contribution >= 0.6 is 0 Å². The summed E-state index contributed by atoms with van der Waals surface area (Å²) in [5.41, 5.74) is 4.58. The van der Waals surface area contributed by atoms with Gasteiger partial charge in [-0.15, -0.1) is 10.2 Å². The van der Waals surface area contributed by atoms with E-state index in [9.17, 15) is 4.79 Å². The van der Waals surface area contributed by atoms with Gasteiger partial charge in [0.1, 0.15) is 6.54 Å². The number of carbonyl (C=O) groups excluding carboxylic acids is 1. The molecule has 1 amide bonds. The van der Waals surface area contributed by atoms with E-state index in [1.807, 2.05) is 30.3 Å². The van der Waals surface area contributed by atoms with Gasteiger partial charge in [0, 0.05) is 11.3 Å². The Balaban J connectivity index is 1.54. The van der Waals surface area contributed by atoms with Crippen molar-refractivity contribution >= 4 is 11.6 Å². The molecule has 1 aromatic heterocycles. The molecule has 1 aromatic carbocycles. The third-order valence-electron chi connectivity index (χ3n) is 4.04. The molecule has 1 heterocycles. The van der Waals surface area contributed by atoms with E-state index in [4.69, 9.17) is 0 Å². The summed E-state index contributed by atoms with van der Waals surface area (Å²) in [5.74, 6) is 0.274. The van der Waals surface area contributed by atoms with Crippen molar-refractivity contribution in [2.45, 2.75) is 51.5 Å². The molecule has 1 aliphatic carbocycles. The normalized spacial score (nSPS) is 15.4. The number of nitrogens with zero attached hydrogens (tertiary/aromatic N) is 5. The smallest absolute Gasteiger partial charge is 0.263 e. The van der Waals surface area contributed by atoms with E-state index in [1.165, 1.54) is 24.1 Å². The Morgan fingerprint density at radius 1 is 1.08 bits per heavy atom. The molecule has 3 rings (SSSR count). The summed E-state index contributed by atoms with van der Waals surface area (Å²) in [5, 5.41) is 16.4. The fourth-order valence-corrected chi connectivity index (χ4v) is 2.74. The first-order valence-corrected chi connectivity index (χ1v) is 8.49. The minimum atomic E-state index is -0.235. The zero-order valence-corrected chi connectivity index (χ0v) is 13.7. The molecular formula is C17H22N6O. The van der Waals surface area contributed by atoms with Crippen molar-refractivity contribution < 1.29 is 4.79 Å². The number of amides is 1. The van der Waals surface area contributed by atoms with Crippen molar-refractivity contribution in [3.8, 4) is 11.4 Å². The summed E-state index contributed by atoms with van der Waals surface area (Å²) in [6.45, 7) is 0.0105. The Bertz CT molecular complexity index is 684. The van der Waals surface area contributed by atoms with Gasteiger partial charge in [0.25, 0.3) is 5.91 Å². The largest absolute Gasteiger partial charge is 0.271 e. The topological polar surface area (TPSA) is 85.1 Å². The van der Waals surface area contributed by atoms with Crippen molar-refractivity contribution in [3.05, 3.63) is 30.3 Å². The number of nitrogens with one attached hydrogen (secondary N) is 1. The maximum Gasteiger partial charge on any atom is 0.263 e. The molecule has 0 saturated heterocycles. The van der Waals surface area contributed by atoms with Gasteiger partial charge in [0.2, 0.25) is 5.82 Å². The average molecular weight is 326 g/mol. The van der Waals surface area contributed by atoms with E-state index in [2.05, 4.69) is 25.9 Å². The van der Waals surface area contributed by atoms with Crippen LogP contribution in [0.2, 0.25) is 0 Å². The van der Waals surface area contributed by atoms with Gasteiger partial charge in [-0.25, -0.2) is 5.43 Å². The molecule has 0 unspecified atom stereocenters. The van der Waals surface area contributed by atoms with Gasteiger partial charge in [0.05, 0.1) is 0 Å². The molecule has 1 saturated carbocycles. The van der Waals surface area contributed by atoms with E-state index < -0.39 is 0 Å².